The lowest BCUT2D eigenvalue weighted by Crippen LogP contribution is -2.29. The van der Waals surface area contributed by atoms with Crippen molar-refractivity contribution < 1.29 is 4.79 Å². The van der Waals surface area contributed by atoms with E-state index in [9.17, 15) is 4.79 Å². The van der Waals surface area contributed by atoms with Gasteiger partial charge in [-0.1, -0.05) is 48.5 Å². The molecule has 0 fully saturated rings. The van der Waals surface area contributed by atoms with Crippen molar-refractivity contribution in [2.24, 2.45) is 0 Å². The number of hydrogen-bond donors (Lipinski definition) is 2. The van der Waals surface area contributed by atoms with Crippen LogP contribution in [0.15, 0.2) is 72.8 Å². The van der Waals surface area contributed by atoms with Gasteiger partial charge in [-0.3, -0.25) is 15.6 Å². The van der Waals surface area contributed by atoms with Gasteiger partial charge in [0.2, 0.25) is 0 Å². The molecule has 3 aromatic carbocycles. The molecular formula is C17H14N2O. The number of carbonyl (C=O) groups is 1. The Hall–Kier alpha value is -2.81. The molecule has 0 aromatic heterocycles. The van der Waals surface area contributed by atoms with E-state index < -0.39 is 0 Å². The highest BCUT2D eigenvalue weighted by molar-refractivity contribution is 5.99. The second kappa shape index (κ2) is 5.45. The number of nitrogens with one attached hydrogen (secondary N) is 2. The molecular weight excluding hydrogens is 248 g/mol. The maximum Gasteiger partial charge on any atom is 0.269 e. The lowest BCUT2D eigenvalue weighted by molar-refractivity contribution is 0.0963. The summed E-state index contributed by atoms with van der Waals surface area (Å²) in [7, 11) is 0. The van der Waals surface area contributed by atoms with E-state index in [1.807, 2.05) is 72.8 Å². The van der Waals surface area contributed by atoms with Crippen molar-refractivity contribution in [3.63, 3.8) is 0 Å². The zero-order valence-electron chi connectivity index (χ0n) is 10.8. The predicted octanol–water partition coefficient (Wildman–Crippen LogP) is 3.60. The number of hydrogen-bond acceptors (Lipinski definition) is 2. The lowest BCUT2D eigenvalue weighted by atomic mass is 10.1. The molecule has 3 nitrogen and oxygen atoms in total. The first-order valence-corrected chi connectivity index (χ1v) is 6.43. The van der Waals surface area contributed by atoms with Crippen LogP contribution in [0.5, 0.6) is 0 Å². The molecule has 0 spiro atoms. The van der Waals surface area contributed by atoms with Gasteiger partial charge in [0, 0.05) is 5.56 Å². The Morgan fingerprint density at radius 2 is 1.45 bits per heavy atom. The molecule has 0 atom stereocenters. The molecule has 2 N–H and O–H groups in total. The third-order valence-corrected chi connectivity index (χ3v) is 3.11. The minimum absolute atomic E-state index is 0.153. The summed E-state index contributed by atoms with van der Waals surface area (Å²) in [5.74, 6) is -0.153. The fourth-order valence-electron chi connectivity index (χ4n) is 2.05. The standard InChI is InChI=1S/C17H14N2O/c20-17(19-18-16-8-2-1-3-9-16)15-11-10-13-6-4-5-7-14(13)12-15/h1-12,18H,(H,19,20). The topological polar surface area (TPSA) is 41.1 Å². The van der Waals surface area contributed by atoms with Crippen LogP contribution in [0.4, 0.5) is 5.69 Å². The molecule has 0 aliphatic rings. The summed E-state index contributed by atoms with van der Waals surface area (Å²) in [6.45, 7) is 0. The molecule has 3 rings (SSSR count). The molecule has 0 aliphatic heterocycles. The van der Waals surface area contributed by atoms with Crippen LogP contribution in [-0.2, 0) is 0 Å². The lowest BCUT2D eigenvalue weighted by Gasteiger charge is -2.08. The number of amides is 1. The van der Waals surface area contributed by atoms with E-state index in [2.05, 4.69) is 10.9 Å². The minimum atomic E-state index is -0.153. The summed E-state index contributed by atoms with van der Waals surface area (Å²) in [6.07, 6.45) is 0. The monoisotopic (exact) mass is 262 g/mol. The van der Waals surface area contributed by atoms with Gasteiger partial charge >= 0.3 is 0 Å². The number of carbonyl (C=O) groups excluding carboxylic acids is 1. The molecule has 0 saturated heterocycles. The number of para-hydroxylation sites is 1. The number of benzene rings is 3. The largest absolute Gasteiger partial charge is 0.298 e. The maximum atomic E-state index is 12.1. The zero-order chi connectivity index (χ0) is 13.8. The van der Waals surface area contributed by atoms with Crippen LogP contribution < -0.4 is 10.9 Å². The highest BCUT2D eigenvalue weighted by Gasteiger charge is 2.05. The molecule has 3 aromatic rings. The quantitative estimate of drug-likeness (QED) is 0.708. The first-order valence-electron chi connectivity index (χ1n) is 6.43. The van der Waals surface area contributed by atoms with Gasteiger partial charge in [0.15, 0.2) is 0 Å². The number of fused-ring (bicyclic) bond motifs is 1. The van der Waals surface area contributed by atoms with E-state index in [1.54, 1.807) is 0 Å². The molecule has 1 amide bonds. The predicted molar refractivity (Wildman–Crippen MR) is 81.5 cm³/mol. The van der Waals surface area contributed by atoms with Gasteiger partial charge in [-0.15, -0.1) is 0 Å². The third kappa shape index (κ3) is 2.62. The van der Waals surface area contributed by atoms with Gasteiger partial charge in [-0.25, -0.2) is 0 Å². The summed E-state index contributed by atoms with van der Waals surface area (Å²) < 4.78 is 0. The van der Waals surface area contributed by atoms with E-state index in [0.29, 0.717) is 5.56 Å². The summed E-state index contributed by atoms with van der Waals surface area (Å²) >= 11 is 0. The van der Waals surface area contributed by atoms with Crippen molar-refractivity contribution in [1.29, 1.82) is 0 Å². The van der Waals surface area contributed by atoms with Crippen LogP contribution in [0, 0.1) is 0 Å². The highest BCUT2D eigenvalue weighted by Crippen LogP contribution is 2.15. The van der Waals surface area contributed by atoms with Gasteiger partial charge in [-0.05, 0) is 35.0 Å². The van der Waals surface area contributed by atoms with Crippen LogP contribution in [0.25, 0.3) is 10.8 Å². The Morgan fingerprint density at radius 3 is 2.25 bits per heavy atom. The van der Waals surface area contributed by atoms with Crippen LogP contribution >= 0.6 is 0 Å². The summed E-state index contributed by atoms with van der Waals surface area (Å²) in [5.41, 5.74) is 7.06. The van der Waals surface area contributed by atoms with Crippen molar-refractivity contribution >= 4 is 22.4 Å². The summed E-state index contributed by atoms with van der Waals surface area (Å²) in [6, 6.07) is 23.2. The van der Waals surface area contributed by atoms with E-state index in [4.69, 9.17) is 0 Å². The van der Waals surface area contributed by atoms with Crippen LogP contribution in [0.2, 0.25) is 0 Å². The Morgan fingerprint density at radius 1 is 0.750 bits per heavy atom. The van der Waals surface area contributed by atoms with E-state index in [1.165, 1.54) is 0 Å². The average molecular weight is 262 g/mol. The smallest absolute Gasteiger partial charge is 0.269 e. The second-order valence-corrected chi connectivity index (χ2v) is 4.51. The fraction of sp³-hybridized carbons (Fsp3) is 0. The van der Waals surface area contributed by atoms with Gasteiger partial charge in [0.05, 0.1) is 5.69 Å². The molecule has 0 unspecified atom stereocenters. The summed E-state index contributed by atoms with van der Waals surface area (Å²) in [4.78, 5) is 12.1. The van der Waals surface area contributed by atoms with Crippen LogP contribution in [0.3, 0.4) is 0 Å². The molecule has 0 saturated carbocycles. The van der Waals surface area contributed by atoms with Crippen molar-refractivity contribution in [2.45, 2.75) is 0 Å². The van der Waals surface area contributed by atoms with Gasteiger partial charge in [0.1, 0.15) is 0 Å². The van der Waals surface area contributed by atoms with E-state index >= 15 is 0 Å². The van der Waals surface area contributed by atoms with Crippen LogP contribution in [0.1, 0.15) is 10.4 Å². The van der Waals surface area contributed by atoms with Gasteiger partial charge in [-0.2, -0.15) is 0 Å². The molecule has 0 bridgehead atoms. The SMILES string of the molecule is O=C(NNc1ccccc1)c1ccc2ccccc2c1. The van der Waals surface area contributed by atoms with Crippen molar-refractivity contribution in [3.05, 3.63) is 78.4 Å². The molecule has 0 aliphatic carbocycles. The Balaban J connectivity index is 1.75. The first-order chi connectivity index (χ1) is 9.83. The average Bonchev–Trinajstić information content (AvgIpc) is 2.53. The van der Waals surface area contributed by atoms with Crippen LogP contribution in [-0.4, -0.2) is 5.91 Å². The minimum Gasteiger partial charge on any atom is -0.298 e. The fourth-order valence-corrected chi connectivity index (χ4v) is 2.05. The van der Waals surface area contributed by atoms with Gasteiger partial charge < -0.3 is 0 Å². The Bertz CT molecular complexity index is 738. The third-order valence-electron chi connectivity index (χ3n) is 3.11. The van der Waals surface area contributed by atoms with E-state index in [0.717, 1.165) is 16.5 Å². The van der Waals surface area contributed by atoms with Gasteiger partial charge in [0.25, 0.3) is 5.91 Å². The number of rotatable bonds is 3. The van der Waals surface area contributed by atoms with E-state index in [-0.39, 0.29) is 5.91 Å². The summed E-state index contributed by atoms with van der Waals surface area (Å²) in [5, 5.41) is 2.18. The van der Waals surface area contributed by atoms with Crippen molar-refractivity contribution in [1.82, 2.24) is 5.43 Å². The number of hydrazine groups is 1. The Labute approximate surface area is 117 Å². The second-order valence-electron chi connectivity index (χ2n) is 4.51. The highest BCUT2D eigenvalue weighted by atomic mass is 16.2. The number of anilines is 1. The molecule has 0 heterocycles. The molecule has 20 heavy (non-hydrogen) atoms. The van der Waals surface area contributed by atoms with Crippen molar-refractivity contribution in [2.75, 3.05) is 5.43 Å². The first kappa shape index (κ1) is 12.2. The molecule has 3 heteroatoms. The Kier molecular flexibility index (Phi) is 3.33. The van der Waals surface area contributed by atoms with Crippen molar-refractivity contribution in [3.8, 4) is 0 Å². The molecule has 0 radical (unpaired) electrons. The maximum absolute atomic E-state index is 12.1. The molecule has 98 valence electrons. The zero-order valence-corrected chi connectivity index (χ0v) is 10.8. The normalized spacial score (nSPS) is 10.2.